The molecule has 2 aromatic carbocycles. The summed E-state index contributed by atoms with van der Waals surface area (Å²) in [4.78, 5) is 28.4. The number of fused-ring (bicyclic) bond motifs is 1. The molecule has 0 radical (unpaired) electrons. The van der Waals surface area contributed by atoms with E-state index in [1.165, 1.54) is 4.90 Å². The number of anilines is 1. The van der Waals surface area contributed by atoms with E-state index in [4.69, 9.17) is 32.7 Å². The lowest BCUT2D eigenvalue weighted by molar-refractivity contribution is -0.140. The van der Waals surface area contributed by atoms with Crippen LogP contribution in [0.1, 0.15) is 37.7 Å². The number of hydrogen-bond acceptors (Lipinski definition) is 5. The zero-order valence-electron chi connectivity index (χ0n) is 16.6. The second-order valence-corrected chi connectivity index (χ2v) is 8.68. The predicted molar refractivity (Wildman–Crippen MR) is 118 cm³/mol. The first-order chi connectivity index (χ1) is 15.0. The van der Waals surface area contributed by atoms with E-state index in [-0.39, 0.29) is 35.9 Å². The largest absolute Gasteiger partial charge is 0.454 e. The number of carbonyl (C=O) groups excluding carboxylic acids is 2. The van der Waals surface area contributed by atoms with Crippen molar-refractivity contribution in [2.45, 2.75) is 38.1 Å². The molecule has 0 unspecified atom stereocenters. The Kier molecular flexibility index (Phi) is 5.28. The van der Waals surface area contributed by atoms with Crippen LogP contribution in [0.3, 0.4) is 0 Å². The van der Waals surface area contributed by atoms with E-state index >= 15 is 0 Å². The van der Waals surface area contributed by atoms with E-state index in [1.807, 2.05) is 0 Å². The first-order valence-corrected chi connectivity index (χ1v) is 11.0. The van der Waals surface area contributed by atoms with Gasteiger partial charge in [-0.2, -0.15) is 0 Å². The van der Waals surface area contributed by atoms with Crippen LogP contribution in [-0.2, 0) is 9.59 Å². The number of amides is 2. The average molecular weight is 459 g/mol. The number of imide groups is 1. The Morgan fingerprint density at radius 2 is 1.68 bits per heavy atom. The van der Waals surface area contributed by atoms with Gasteiger partial charge in [0.15, 0.2) is 11.5 Å². The predicted octanol–water partition coefficient (Wildman–Crippen LogP) is 5.25. The van der Waals surface area contributed by atoms with Crippen molar-refractivity contribution in [2.24, 2.45) is 0 Å². The van der Waals surface area contributed by atoms with Gasteiger partial charge in [-0.15, -0.1) is 0 Å². The van der Waals surface area contributed by atoms with Gasteiger partial charge in [0, 0.05) is 28.4 Å². The summed E-state index contributed by atoms with van der Waals surface area (Å²) in [6, 6.07) is 10.1. The average Bonchev–Trinajstić information content (AvgIpc) is 3.32. The fraction of sp³-hybridized carbons (Fsp3) is 0.304. The van der Waals surface area contributed by atoms with Crippen molar-refractivity contribution in [2.75, 3.05) is 12.1 Å². The fourth-order valence-corrected chi connectivity index (χ4v) is 4.90. The molecule has 0 atom stereocenters. The van der Waals surface area contributed by atoms with E-state index in [9.17, 15) is 9.59 Å². The summed E-state index contributed by atoms with van der Waals surface area (Å²) in [6.45, 7) is 0.153. The lowest BCUT2D eigenvalue weighted by atomic mass is 9.94. The van der Waals surface area contributed by atoms with Gasteiger partial charge in [-0.1, -0.05) is 48.5 Å². The Morgan fingerprint density at radius 1 is 0.903 bits per heavy atom. The van der Waals surface area contributed by atoms with Gasteiger partial charge in [0.1, 0.15) is 5.70 Å². The molecule has 1 N–H and O–H groups in total. The van der Waals surface area contributed by atoms with Crippen LogP contribution in [0.4, 0.5) is 5.69 Å². The maximum absolute atomic E-state index is 13.5. The number of halogens is 2. The van der Waals surface area contributed by atoms with Crippen molar-refractivity contribution in [1.82, 2.24) is 4.90 Å². The van der Waals surface area contributed by atoms with Crippen LogP contribution < -0.4 is 14.8 Å². The van der Waals surface area contributed by atoms with Gasteiger partial charge in [0.05, 0.1) is 10.6 Å². The third-order valence-corrected chi connectivity index (χ3v) is 6.45. The molecule has 2 heterocycles. The van der Waals surface area contributed by atoms with Gasteiger partial charge in [0.25, 0.3) is 11.8 Å². The molecule has 6 nitrogen and oxygen atoms in total. The lowest BCUT2D eigenvalue weighted by Gasteiger charge is -2.30. The van der Waals surface area contributed by atoms with Crippen molar-refractivity contribution in [3.05, 3.63) is 57.7 Å². The molecule has 160 valence electrons. The summed E-state index contributed by atoms with van der Waals surface area (Å²) in [7, 11) is 0. The topological polar surface area (TPSA) is 67.9 Å². The molecule has 0 spiro atoms. The van der Waals surface area contributed by atoms with Gasteiger partial charge >= 0.3 is 0 Å². The van der Waals surface area contributed by atoms with Crippen LogP contribution in [0.2, 0.25) is 10.0 Å². The molecule has 1 fully saturated rings. The summed E-state index contributed by atoms with van der Waals surface area (Å²) in [5.41, 5.74) is 1.56. The molecule has 5 rings (SSSR count). The molecule has 3 aliphatic rings. The third kappa shape index (κ3) is 3.64. The fourth-order valence-electron chi connectivity index (χ4n) is 4.39. The molecule has 0 saturated heterocycles. The maximum Gasteiger partial charge on any atom is 0.278 e. The van der Waals surface area contributed by atoms with Crippen molar-refractivity contribution >= 4 is 46.3 Å². The minimum Gasteiger partial charge on any atom is -0.454 e. The van der Waals surface area contributed by atoms with Crippen molar-refractivity contribution in [3.8, 4) is 11.5 Å². The van der Waals surface area contributed by atoms with Crippen LogP contribution in [0.15, 0.2) is 42.1 Å². The van der Waals surface area contributed by atoms with Crippen LogP contribution >= 0.6 is 23.2 Å². The molecular formula is C23H20Cl2N2O4. The molecule has 1 aliphatic carbocycles. The standard InChI is InChI=1S/C23H20Cl2N2O4/c24-13-6-8-16(17(25)10-13)20-21(26-14-7-9-18-19(11-14)31-12-30-18)23(29)27(22(20)28)15-4-2-1-3-5-15/h6-11,15,26H,1-5,12H2. The summed E-state index contributed by atoms with van der Waals surface area (Å²) >= 11 is 12.5. The summed E-state index contributed by atoms with van der Waals surface area (Å²) in [5, 5.41) is 3.93. The van der Waals surface area contributed by atoms with Crippen LogP contribution in [0, 0.1) is 0 Å². The monoisotopic (exact) mass is 458 g/mol. The number of rotatable bonds is 4. The number of ether oxygens (including phenoxy) is 2. The minimum atomic E-state index is -0.337. The van der Waals surface area contributed by atoms with Gasteiger partial charge in [0.2, 0.25) is 6.79 Å². The van der Waals surface area contributed by atoms with Gasteiger partial charge < -0.3 is 14.8 Å². The van der Waals surface area contributed by atoms with E-state index < -0.39 is 0 Å². The minimum absolute atomic E-state index is 0.106. The van der Waals surface area contributed by atoms with Crippen molar-refractivity contribution < 1.29 is 19.1 Å². The first-order valence-electron chi connectivity index (χ1n) is 10.3. The molecule has 2 aliphatic heterocycles. The molecule has 2 aromatic rings. The molecule has 0 bridgehead atoms. The second-order valence-electron chi connectivity index (χ2n) is 7.84. The highest BCUT2D eigenvalue weighted by molar-refractivity contribution is 6.41. The summed E-state index contributed by atoms with van der Waals surface area (Å²) in [6.07, 6.45) is 4.76. The van der Waals surface area contributed by atoms with Crippen LogP contribution in [0.25, 0.3) is 5.57 Å². The zero-order chi connectivity index (χ0) is 21.5. The van der Waals surface area contributed by atoms with Gasteiger partial charge in [-0.25, -0.2) is 0 Å². The zero-order valence-corrected chi connectivity index (χ0v) is 18.1. The molecular weight excluding hydrogens is 439 g/mol. The van der Waals surface area contributed by atoms with E-state index in [2.05, 4.69) is 5.32 Å². The van der Waals surface area contributed by atoms with Gasteiger partial charge in [-0.3, -0.25) is 14.5 Å². The number of carbonyl (C=O) groups is 2. The Morgan fingerprint density at radius 3 is 2.45 bits per heavy atom. The smallest absolute Gasteiger partial charge is 0.278 e. The SMILES string of the molecule is O=C1C(Nc2ccc3c(c2)OCO3)=C(c2ccc(Cl)cc2Cl)C(=O)N1C1CCCCC1. The summed E-state index contributed by atoms with van der Waals surface area (Å²) < 4.78 is 10.8. The Balaban J connectivity index is 1.57. The number of benzene rings is 2. The second kappa shape index (κ2) is 8.09. The van der Waals surface area contributed by atoms with Crippen LogP contribution in [-0.4, -0.2) is 29.5 Å². The molecule has 31 heavy (non-hydrogen) atoms. The maximum atomic E-state index is 13.5. The molecule has 8 heteroatoms. The molecule has 0 aromatic heterocycles. The number of nitrogens with zero attached hydrogens (tertiary/aromatic N) is 1. The molecule has 2 amide bonds. The Hall–Kier alpha value is -2.70. The third-order valence-electron chi connectivity index (χ3n) is 5.90. The van der Waals surface area contributed by atoms with E-state index in [1.54, 1.807) is 36.4 Å². The van der Waals surface area contributed by atoms with Crippen molar-refractivity contribution in [1.29, 1.82) is 0 Å². The Labute approximate surface area is 189 Å². The van der Waals surface area contributed by atoms with Crippen molar-refractivity contribution in [3.63, 3.8) is 0 Å². The quantitative estimate of drug-likeness (QED) is 0.633. The molecule has 1 saturated carbocycles. The van der Waals surface area contributed by atoms with E-state index in [0.29, 0.717) is 32.8 Å². The van der Waals surface area contributed by atoms with Crippen LogP contribution in [0.5, 0.6) is 11.5 Å². The lowest BCUT2D eigenvalue weighted by Crippen LogP contribution is -2.42. The Bertz CT molecular complexity index is 1110. The van der Waals surface area contributed by atoms with Gasteiger partial charge in [-0.05, 0) is 37.1 Å². The highest BCUT2D eigenvalue weighted by Crippen LogP contribution is 2.40. The van der Waals surface area contributed by atoms with E-state index in [0.717, 1.165) is 32.1 Å². The number of hydrogen-bond donors (Lipinski definition) is 1. The summed E-state index contributed by atoms with van der Waals surface area (Å²) in [5.74, 6) is 0.552. The number of nitrogens with one attached hydrogen (secondary N) is 1. The normalized spacial score (nSPS) is 18.8. The first kappa shape index (κ1) is 20.2. The highest BCUT2D eigenvalue weighted by atomic mass is 35.5. The highest BCUT2D eigenvalue weighted by Gasteiger charge is 2.43.